The van der Waals surface area contributed by atoms with Crippen LogP contribution in [0.15, 0.2) is 23.3 Å². The number of halogens is 4. The van der Waals surface area contributed by atoms with E-state index in [1.54, 1.807) is 12.2 Å². The van der Waals surface area contributed by atoms with Crippen molar-refractivity contribution in [3.63, 3.8) is 0 Å². The van der Waals surface area contributed by atoms with Gasteiger partial charge in [0.15, 0.2) is 0 Å². The molecule has 2 fully saturated rings. The van der Waals surface area contributed by atoms with Gasteiger partial charge in [0.1, 0.15) is 12.0 Å². The van der Waals surface area contributed by atoms with Gasteiger partial charge in [0, 0.05) is 28.9 Å². The van der Waals surface area contributed by atoms with Gasteiger partial charge >= 0.3 is 11.2 Å². The van der Waals surface area contributed by atoms with Gasteiger partial charge in [-0.15, -0.1) is 9.40 Å². The fraction of sp³-hybridized carbons (Fsp3) is 0.727. The fourth-order valence-corrected chi connectivity index (χ4v) is 6.49. The molecule has 0 aromatic carbocycles. The molecule has 0 saturated heterocycles. The number of hydrogen-bond acceptors (Lipinski definition) is 7. The summed E-state index contributed by atoms with van der Waals surface area (Å²) < 4.78 is 68.6. The molecule has 6 atom stereocenters. The molecule has 6 unspecified atom stereocenters. The van der Waals surface area contributed by atoms with Crippen LogP contribution in [0.3, 0.4) is 0 Å². The lowest BCUT2D eigenvalue weighted by molar-refractivity contribution is -0.520. The Balaban J connectivity index is 1.12. The Morgan fingerprint density at radius 3 is 2.06 bits per heavy atom. The minimum Gasteiger partial charge on any atom is -0.372 e. The summed E-state index contributed by atoms with van der Waals surface area (Å²) in [4.78, 5) is 29.2. The number of nitrogens with zero attached hydrogens (tertiary/aromatic N) is 1. The SMILES string of the molecule is CC(C)(C)OC1CC2CC1CC2C(F)(F)C(F)(F)SOOON1C(=O)C2=C(C1=O)C1C=CC2C1. The monoisotopic (exact) mass is 507 g/mol. The molecular formula is C22H25F4NO6S. The van der Waals surface area contributed by atoms with Gasteiger partial charge in [0.05, 0.1) is 11.7 Å². The Labute approximate surface area is 197 Å². The molecule has 0 radical (unpaired) electrons. The second kappa shape index (κ2) is 8.02. The van der Waals surface area contributed by atoms with Gasteiger partial charge in [-0.25, -0.2) is 0 Å². The third-order valence-corrected chi connectivity index (χ3v) is 7.97. The van der Waals surface area contributed by atoms with Crippen LogP contribution in [-0.4, -0.2) is 39.8 Å². The van der Waals surface area contributed by atoms with E-state index < -0.39 is 52.5 Å². The highest BCUT2D eigenvalue weighted by molar-refractivity contribution is 7.95. The third kappa shape index (κ3) is 3.82. The molecule has 34 heavy (non-hydrogen) atoms. The number of hydrogen-bond donors (Lipinski definition) is 0. The van der Waals surface area contributed by atoms with Crippen molar-refractivity contribution in [1.29, 1.82) is 0 Å². The highest BCUT2D eigenvalue weighted by Gasteiger charge is 2.68. The molecule has 0 aromatic rings. The summed E-state index contributed by atoms with van der Waals surface area (Å²) in [7, 11) is 0. The van der Waals surface area contributed by atoms with Crippen LogP contribution in [-0.2, 0) is 28.7 Å². The van der Waals surface area contributed by atoms with Crippen LogP contribution in [0.5, 0.6) is 0 Å². The zero-order chi connectivity index (χ0) is 24.6. The molecule has 4 aliphatic carbocycles. The molecule has 188 valence electrons. The van der Waals surface area contributed by atoms with Crippen LogP contribution < -0.4 is 0 Å². The summed E-state index contributed by atoms with van der Waals surface area (Å²) in [6.07, 6.45) is 4.66. The molecule has 1 heterocycles. The van der Waals surface area contributed by atoms with Gasteiger partial charge < -0.3 is 4.74 Å². The summed E-state index contributed by atoms with van der Waals surface area (Å²) in [6, 6.07) is 0. The molecule has 0 N–H and O–H groups in total. The lowest BCUT2D eigenvalue weighted by atomic mass is 9.82. The van der Waals surface area contributed by atoms with E-state index in [9.17, 15) is 27.2 Å². The van der Waals surface area contributed by atoms with Crippen LogP contribution in [0.1, 0.15) is 46.5 Å². The predicted octanol–water partition coefficient (Wildman–Crippen LogP) is 4.76. The van der Waals surface area contributed by atoms with Gasteiger partial charge in [-0.3, -0.25) is 9.59 Å². The second-order valence-electron chi connectivity index (χ2n) is 10.6. The maximum absolute atomic E-state index is 14.8. The molecule has 0 aromatic heterocycles. The number of imide groups is 1. The summed E-state index contributed by atoms with van der Waals surface area (Å²) in [5.74, 6) is -8.67. The van der Waals surface area contributed by atoms with Crippen LogP contribution in [0.4, 0.5) is 17.6 Å². The quantitative estimate of drug-likeness (QED) is 0.0892. The first kappa shape index (κ1) is 24.2. The lowest BCUT2D eigenvalue weighted by Gasteiger charge is -2.37. The fourth-order valence-electron chi connectivity index (χ4n) is 6.09. The molecule has 5 rings (SSSR count). The molecule has 7 nitrogen and oxygen atoms in total. The molecule has 2 saturated carbocycles. The number of fused-ring (bicyclic) bond motifs is 6. The maximum atomic E-state index is 14.8. The van der Waals surface area contributed by atoms with Crippen LogP contribution in [0.2, 0.25) is 0 Å². The predicted molar refractivity (Wildman–Crippen MR) is 109 cm³/mol. The second-order valence-corrected chi connectivity index (χ2v) is 11.4. The molecular weight excluding hydrogens is 482 g/mol. The molecule has 5 aliphatic rings. The van der Waals surface area contributed by atoms with Crippen LogP contribution in [0.25, 0.3) is 0 Å². The first-order valence-corrected chi connectivity index (χ1v) is 12.0. The Kier molecular flexibility index (Phi) is 5.72. The van der Waals surface area contributed by atoms with Gasteiger partial charge in [0.25, 0.3) is 11.8 Å². The van der Waals surface area contributed by atoms with E-state index in [1.807, 2.05) is 20.8 Å². The van der Waals surface area contributed by atoms with Crippen molar-refractivity contribution >= 4 is 23.9 Å². The minimum absolute atomic E-state index is 0.0731. The number of amides is 2. The summed E-state index contributed by atoms with van der Waals surface area (Å²) in [5, 5.41) is -0.273. The van der Waals surface area contributed by atoms with Crippen molar-refractivity contribution in [3.8, 4) is 0 Å². The molecule has 0 spiro atoms. The number of carbonyl (C=O) groups is 2. The minimum atomic E-state index is -4.63. The first-order chi connectivity index (χ1) is 15.8. The topological polar surface area (TPSA) is 74.3 Å². The largest absolute Gasteiger partial charge is 0.383 e. The Hall–Kier alpha value is -1.47. The molecule has 12 heteroatoms. The van der Waals surface area contributed by atoms with E-state index in [1.165, 1.54) is 0 Å². The highest BCUT2D eigenvalue weighted by atomic mass is 32.2. The molecule has 4 bridgehead atoms. The van der Waals surface area contributed by atoms with Gasteiger partial charge in [-0.2, -0.15) is 17.6 Å². The van der Waals surface area contributed by atoms with Gasteiger partial charge in [0.2, 0.25) is 0 Å². The lowest BCUT2D eigenvalue weighted by Crippen LogP contribution is -2.48. The average Bonchev–Trinajstić information content (AvgIpc) is 3.52. The zero-order valence-electron chi connectivity index (χ0n) is 18.8. The smallest absolute Gasteiger partial charge is 0.372 e. The Bertz CT molecular complexity index is 930. The number of hydroxylamine groups is 2. The first-order valence-electron chi connectivity index (χ1n) is 11.2. The standard InChI is InChI=1S/C22H25F4NO6S/c1-20(2,3)30-15-9-12-7-13(15)8-14(12)21(23,24)22(25,26)34-33-32-31-27-18(28)16-10-4-5-11(6-10)17(16)19(27)29/h4-5,10-15H,6-9H2,1-3H3. The normalized spacial score (nSPS) is 34.9. The van der Waals surface area contributed by atoms with E-state index >= 15 is 0 Å². The highest BCUT2D eigenvalue weighted by Crippen LogP contribution is 2.60. The van der Waals surface area contributed by atoms with E-state index in [0.717, 1.165) is 0 Å². The average molecular weight is 508 g/mol. The van der Waals surface area contributed by atoms with E-state index in [0.29, 0.717) is 19.3 Å². The van der Waals surface area contributed by atoms with Crippen molar-refractivity contribution in [3.05, 3.63) is 23.3 Å². The number of allylic oxidation sites excluding steroid dienone is 2. The van der Waals surface area contributed by atoms with Gasteiger partial charge in [-0.05, 0) is 63.3 Å². The summed E-state index contributed by atoms with van der Waals surface area (Å²) in [5.41, 5.74) is 0.105. The number of alkyl halides is 4. The number of carbonyl (C=O) groups excluding carboxylic acids is 2. The molecule has 1 aliphatic heterocycles. The van der Waals surface area contributed by atoms with Crippen molar-refractivity contribution in [2.24, 2.45) is 29.6 Å². The van der Waals surface area contributed by atoms with Gasteiger partial charge in [-0.1, -0.05) is 17.1 Å². The third-order valence-electron chi connectivity index (χ3n) is 7.37. The van der Waals surface area contributed by atoms with Crippen molar-refractivity contribution in [2.45, 2.75) is 69.3 Å². The summed E-state index contributed by atoms with van der Waals surface area (Å²) in [6.45, 7) is 5.59. The Morgan fingerprint density at radius 2 is 1.53 bits per heavy atom. The van der Waals surface area contributed by atoms with Crippen molar-refractivity contribution in [1.82, 2.24) is 5.06 Å². The van der Waals surface area contributed by atoms with E-state index in [-0.39, 0.29) is 46.5 Å². The summed E-state index contributed by atoms with van der Waals surface area (Å²) >= 11 is -0.906. The van der Waals surface area contributed by atoms with E-state index in [4.69, 9.17) is 4.74 Å². The maximum Gasteiger partial charge on any atom is 0.383 e. The van der Waals surface area contributed by atoms with Crippen LogP contribution >= 0.6 is 12.0 Å². The number of ether oxygens (including phenoxy) is 1. The number of rotatable bonds is 8. The van der Waals surface area contributed by atoms with E-state index in [2.05, 4.69) is 14.4 Å². The molecule has 2 amide bonds. The van der Waals surface area contributed by atoms with Crippen molar-refractivity contribution in [2.75, 3.05) is 0 Å². The van der Waals surface area contributed by atoms with Crippen molar-refractivity contribution < 1.29 is 46.2 Å². The Morgan fingerprint density at radius 1 is 0.912 bits per heavy atom. The van der Waals surface area contributed by atoms with Crippen LogP contribution in [0, 0.1) is 29.6 Å². The zero-order valence-corrected chi connectivity index (χ0v) is 19.6.